The molecule has 2 N–H and O–H groups in total. The number of nitrogens with zero attached hydrogens (tertiary/aromatic N) is 1. The first-order valence-electron chi connectivity index (χ1n) is 3.19. The van der Waals surface area contributed by atoms with Crippen LogP contribution in [0.2, 0.25) is 5.15 Å². The molecule has 1 aromatic rings. The molecule has 1 amide bonds. The topological polar surface area (TPSA) is 46.6 Å². The van der Waals surface area contributed by atoms with E-state index in [1.807, 2.05) is 0 Å². The third-order valence-corrected chi connectivity index (χ3v) is 1.50. The fourth-order valence-corrected chi connectivity index (χ4v) is 0.800. The average molecular weight is 172 g/mol. The van der Waals surface area contributed by atoms with Crippen LogP contribution in [0, 0.1) is 0 Å². The van der Waals surface area contributed by atoms with Gasteiger partial charge in [-0.3, -0.25) is 5.32 Å². The first-order valence-corrected chi connectivity index (χ1v) is 3.57. The smallest absolute Gasteiger partial charge is 0.281 e. The second-order valence-corrected chi connectivity index (χ2v) is 2.41. The Balaban J connectivity index is 2.90. The first kappa shape index (κ1) is 8.17. The lowest BCUT2D eigenvalue weighted by molar-refractivity contribution is -0.523. The van der Waals surface area contributed by atoms with E-state index in [0.29, 0.717) is 10.7 Å². The summed E-state index contributed by atoms with van der Waals surface area (Å²) in [6.07, 6.45) is 1.46. The minimum Gasteiger partial charge on any atom is -0.281 e. The number of carbonyl (C=O) groups excluding carboxylic acids is 1. The number of rotatable bonds is 1. The summed E-state index contributed by atoms with van der Waals surface area (Å²) < 4.78 is 0. The molecule has 0 aromatic carbocycles. The van der Waals surface area contributed by atoms with Gasteiger partial charge in [-0.25, -0.2) is 9.78 Å². The van der Waals surface area contributed by atoms with Crippen LogP contribution in [0.5, 0.6) is 0 Å². The van der Waals surface area contributed by atoms with Crippen LogP contribution in [0.15, 0.2) is 18.3 Å². The number of hydrogen-bond acceptors (Lipinski definition) is 2. The standard InChI is InChI=1S/C7H7ClN2O/c1-9-7(11)5-2-3-6(8)10-4-5/h2-4H,1H3,(H,9,11)/p+1. The SMILES string of the molecule is C[NH2+]C(=O)c1ccc(Cl)nc1. The molecule has 4 heteroatoms. The van der Waals surface area contributed by atoms with E-state index in [0.717, 1.165) is 0 Å². The quantitative estimate of drug-likeness (QED) is 0.608. The van der Waals surface area contributed by atoms with Crippen LogP contribution in [0.3, 0.4) is 0 Å². The first-order chi connectivity index (χ1) is 5.24. The number of halogens is 1. The molecule has 0 aliphatic carbocycles. The van der Waals surface area contributed by atoms with Crippen molar-refractivity contribution in [2.75, 3.05) is 7.05 Å². The molecule has 0 atom stereocenters. The molecule has 0 bridgehead atoms. The fraction of sp³-hybridized carbons (Fsp3) is 0.143. The molecule has 0 fully saturated rings. The zero-order valence-corrected chi connectivity index (χ0v) is 6.80. The van der Waals surface area contributed by atoms with Crippen molar-refractivity contribution >= 4 is 17.5 Å². The van der Waals surface area contributed by atoms with Crippen LogP contribution in [-0.2, 0) is 0 Å². The molecule has 11 heavy (non-hydrogen) atoms. The Bertz CT molecular complexity index is 258. The Morgan fingerprint density at radius 1 is 1.64 bits per heavy atom. The lowest BCUT2D eigenvalue weighted by Gasteiger charge is -1.93. The number of primary amides is 1. The van der Waals surface area contributed by atoms with Gasteiger partial charge in [0.15, 0.2) is 0 Å². The van der Waals surface area contributed by atoms with E-state index >= 15 is 0 Å². The van der Waals surface area contributed by atoms with Gasteiger partial charge in [-0.2, -0.15) is 0 Å². The zero-order valence-electron chi connectivity index (χ0n) is 6.04. The van der Waals surface area contributed by atoms with Crippen LogP contribution in [0.4, 0.5) is 0 Å². The van der Waals surface area contributed by atoms with Gasteiger partial charge in [-0.15, -0.1) is 0 Å². The van der Waals surface area contributed by atoms with Gasteiger partial charge in [0.25, 0.3) is 0 Å². The van der Waals surface area contributed by atoms with Crippen molar-refractivity contribution in [3.05, 3.63) is 29.0 Å². The average Bonchev–Trinajstić information content (AvgIpc) is 2.05. The van der Waals surface area contributed by atoms with Gasteiger partial charge in [0, 0.05) is 6.20 Å². The number of pyridine rings is 1. The van der Waals surface area contributed by atoms with Gasteiger partial charge in [-0.1, -0.05) is 11.6 Å². The van der Waals surface area contributed by atoms with E-state index < -0.39 is 0 Å². The molecular formula is C7H8ClN2O+. The van der Waals surface area contributed by atoms with Gasteiger partial charge >= 0.3 is 5.91 Å². The van der Waals surface area contributed by atoms with Gasteiger partial charge in [-0.05, 0) is 12.1 Å². The van der Waals surface area contributed by atoms with Crippen molar-refractivity contribution in [1.29, 1.82) is 0 Å². The predicted octanol–water partition coefficient (Wildman–Crippen LogP) is 0.0684. The van der Waals surface area contributed by atoms with Crippen molar-refractivity contribution in [3.63, 3.8) is 0 Å². The normalized spacial score (nSPS) is 9.64. The lowest BCUT2D eigenvalue weighted by atomic mass is 10.3. The fourth-order valence-electron chi connectivity index (χ4n) is 0.688. The van der Waals surface area contributed by atoms with Gasteiger partial charge < -0.3 is 0 Å². The third kappa shape index (κ3) is 2.00. The summed E-state index contributed by atoms with van der Waals surface area (Å²) >= 11 is 5.53. The molecule has 1 rings (SSSR count). The maximum atomic E-state index is 11.0. The molecule has 0 saturated carbocycles. The van der Waals surface area contributed by atoms with E-state index in [4.69, 9.17) is 11.6 Å². The molecule has 58 valence electrons. The second-order valence-electron chi connectivity index (χ2n) is 2.02. The van der Waals surface area contributed by atoms with Crippen LogP contribution in [0.1, 0.15) is 10.4 Å². The van der Waals surface area contributed by atoms with Crippen LogP contribution >= 0.6 is 11.6 Å². The lowest BCUT2D eigenvalue weighted by Crippen LogP contribution is -2.83. The van der Waals surface area contributed by atoms with Gasteiger partial charge in [0.2, 0.25) is 0 Å². The molecule has 0 aliphatic heterocycles. The highest BCUT2D eigenvalue weighted by Gasteiger charge is 2.05. The Kier molecular flexibility index (Phi) is 2.57. The molecule has 0 aliphatic rings. The van der Waals surface area contributed by atoms with Crippen molar-refractivity contribution in [3.8, 4) is 0 Å². The zero-order chi connectivity index (χ0) is 8.27. The van der Waals surface area contributed by atoms with Crippen molar-refractivity contribution in [2.24, 2.45) is 0 Å². The molecule has 0 unspecified atom stereocenters. The molecule has 0 radical (unpaired) electrons. The van der Waals surface area contributed by atoms with Crippen molar-refractivity contribution in [2.45, 2.75) is 0 Å². The number of aromatic nitrogens is 1. The Morgan fingerprint density at radius 2 is 2.36 bits per heavy atom. The highest BCUT2D eigenvalue weighted by Crippen LogP contribution is 2.03. The van der Waals surface area contributed by atoms with Gasteiger partial charge in [0.1, 0.15) is 5.15 Å². The van der Waals surface area contributed by atoms with E-state index in [1.165, 1.54) is 11.5 Å². The molecular weight excluding hydrogens is 164 g/mol. The molecule has 0 spiro atoms. The number of quaternary nitrogens is 1. The minimum absolute atomic E-state index is 0.0332. The van der Waals surface area contributed by atoms with Crippen LogP contribution < -0.4 is 5.32 Å². The summed E-state index contributed by atoms with van der Waals surface area (Å²) in [6, 6.07) is 3.25. The third-order valence-electron chi connectivity index (χ3n) is 1.27. The second kappa shape index (κ2) is 3.46. The molecule has 0 saturated heterocycles. The highest BCUT2D eigenvalue weighted by molar-refractivity contribution is 6.29. The molecule has 3 nitrogen and oxygen atoms in total. The Labute approximate surface area is 69.4 Å². The maximum absolute atomic E-state index is 11.0. The number of carbonyl (C=O) groups is 1. The summed E-state index contributed by atoms with van der Waals surface area (Å²) in [6.45, 7) is 0. The van der Waals surface area contributed by atoms with E-state index in [-0.39, 0.29) is 5.91 Å². The summed E-state index contributed by atoms with van der Waals surface area (Å²) in [5, 5.41) is 1.89. The Morgan fingerprint density at radius 3 is 2.82 bits per heavy atom. The maximum Gasteiger partial charge on any atom is 0.343 e. The number of hydrogen-bond donors (Lipinski definition) is 1. The summed E-state index contributed by atoms with van der Waals surface area (Å²) in [7, 11) is 1.69. The number of nitrogens with two attached hydrogens (primary N) is 1. The van der Waals surface area contributed by atoms with Gasteiger partial charge in [0.05, 0.1) is 12.6 Å². The van der Waals surface area contributed by atoms with Crippen molar-refractivity contribution < 1.29 is 10.1 Å². The van der Waals surface area contributed by atoms with E-state index in [1.54, 1.807) is 19.2 Å². The minimum atomic E-state index is -0.0332. The summed E-state index contributed by atoms with van der Waals surface area (Å²) in [5.74, 6) is -0.0332. The highest BCUT2D eigenvalue weighted by atomic mass is 35.5. The number of amides is 1. The monoisotopic (exact) mass is 171 g/mol. The summed E-state index contributed by atoms with van der Waals surface area (Å²) in [4.78, 5) is 14.8. The van der Waals surface area contributed by atoms with Crippen LogP contribution in [0.25, 0.3) is 0 Å². The van der Waals surface area contributed by atoms with E-state index in [9.17, 15) is 4.79 Å². The molecule has 1 heterocycles. The molecule has 1 aromatic heterocycles. The largest absolute Gasteiger partial charge is 0.343 e. The Hall–Kier alpha value is -0.930. The van der Waals surface area contributed by atoms with Crippen LogP contribution in [-0.4, -0.2) is 17.9 Å². The summed E-state index contributed by atoms with van der Waals surface area (Å²) in [5.41, 5.74) is 0.567. The predicted molar refractivity (Wildman–Crippen MR) is 41.4 cm³/mol. The van der Waals surface area contributed by atoms with E-state index in [2.05, 4.69) is 4.98 Å². The van der Waals surface area contributed by atoms with Crippen molar-refractivity contribution in [1.82, 2.24) is 4.98 Å².